The van der Waals surface area contributed by atoms with Crippen molar-refractivity contribution in [1.29, 1.82) is 0 Å². The van der Waals surface area contributed by atoms with Crippen LogP contribution in [0.2, 0.25) is 0 Å². The molecule has 0 aromatic heterocycles. The number of benzene rings is 1. The average molecular weight is 298 g/mol. The number of nitrogens with zero attached hydrogens (tertiary/aromatic N) is 4. The number of piperidine rings is 1. The van der Waals surface area contributed by atoms with Crippen LogP contribution < -0.4 is 0 Å². The maximum absolute atomic E-state index is 9.37. The topological polar surface area (TPSA) is 52.0 Å². The molecule has 118 valence electrons. The Morgan fingerprint density at radius 1 is 1.23 bits per heavy atom. The highest BCUT2D eigenvalue weighted by Gasteiger charge is 2.54. The Kier molecular flexibility index (Phi) is 3.92. The van der Waals surface area contributed by atoms with Gasteiger partial charge in [0.15, 0.2) is 0 Å². The highest BCUT2D eigenvalue weighted by molar-refractivity contribution is 5.40. The Morgan fingerprint density at radius 3 is 2.59 bits per heavy atom. The number of fused-ring (bicyclic) bond motifs is 1. The Balaban J connectivity index is 2.16. The molecule has 4 heteroatoms. The van der Waals surface area contributed by atoms with E-state index in [4.69, 9.17) is 0 Å². The molecule has 3 rings (SSSR count). The van der Waals surface area contributed by atoms with Gasteiger partial charge in [-0.25, -0.2) is 0 Å². The molecule has 0 radical (unpaired) electrons. The van der Waals surface area contributed by atoms with Crippen molar-refractivity contribution in [1.82, 2.24) is 4.90 Å². The first kappa shape index (κ1) is 15.4. The number of hydrogen-bond acceptors (Lipinski definition) is 2. The van der Waals surface area contributed by atoms with Gasteiger partial charge in [-0.2, -0.15) is 0 Å². The highest BCUT2D eigenvalue weighted by atomic mass is 15.2. The minimum Gasteiger partial charge on any atom is -0.306 e. The van der Waals surface area contributed by atoms with Crippen molar-refractivity contribution in [3.05, 3.63) is 45.8 Å². The lowest BCUT2D eigenvalue weighted by Crippen LogP contribution is -2.52. The van der Waals surface area contributed by atoms with Gasteiger partial charge in [0, 0.05) is 4.91 Å². The number of likely N-dealkylation sites (tertiary alicyclic amines) is 1. The van der Waals surface area contributed by atoms with Gasteiger partial charge in [0.05, 0.1) is 5.54 Å². The van der Waals surface area contributed by atoms with Crippen LogP contribution in [0, 0.1) is 11.3 Å². The maximum atomic E-state index is 9.37. The quantitative estimate of drug-likeness (QED) is 0.450. The zero-order valence-electron chi connectivity index (χ0n) is 13.9. The molecule has 1 heterocycles. The van der Waals surface area contributed by atoms with Crippen molar-refractivity contribution < 1.29 is 0 Å². The predicted molar refractivity (Wildman–Crippen MR) is 89.6 cm³/mol. The largest absolute Gasteiger partial charge is 0.306 e. The van der Waals surface area contributed by atoms with Crippen LogP contribution in [0.25, 0.3) is 10.4 Å². The molecule has 0 saturated carbocycles. The number of azide groups is 1. The highest BCUT2D eigenvalue weighted by Crippen LogP contribution is 2.57. The van der Waals surface area contributed by atoms with Crippen LogP contribution in [0.4, 0.5) is 0 Å². The van der Waals surface area contributed by atoms with E-state index in [1.54, 1.807) is 0 Å². The van der Waals surface area contributed by atoms with Gasteiger partial charge in [-0.05, 0) is 73.8 Å². The number of rotatable bonds is 2. The van der Waals surface area contributed by atoms with Crippen LogP contribution in [0.3, 0.4) is 0 Å². The van der Waals surface area contributed by atoms with Crippen molar-refractivity contribution in [3.8, 4) is 0 Å². The van der Waals surface area contributed by atoms with Crippen molar-refractivity contribution in [2.45, 2.75) is 45.1 Å². The van der Waals surface area contributed by atoms with Crippen molar-refractivity contribution in [2.24, 2.45) is 16.4 Å². The first-order chi connectivity index (χ1) is 10.5. The fraction of sp³-hybridized carbons (Fsp3) is 0.667. The van der Waals surface area contributed by atoms with Gasteiger partial charge in [0.2, 0.25) is 0 Å². The fourth-order valence-corrected chi connectivity index (χ4v) is 4.65. The van der Waals surface area contributed by atoms with E-state index in [2.05, 4.69) is 60.1 Å². The lowest BCUT2D eigenvalue weighted by Gasteiger charge is -2.54. The SMILES string of the molecule is CN1CCC(C2(N=[N+]=[N-])c3ccccc3CCC2(C)C)CC1. The summed E-state index contributed by atoms with van der Waals surface area (Å²) >= 11 is 0. The Labute approximate surface area is 133 Å². The van der Waals surface area contributed by atoms with Gasteiger partial charge in [-0.3, -0.25) is 0 Å². The molecule has 0 bridgehead atoms. The standard InChI is InChI=1S/C18H26N4/c1-17(2)11-8-14-6-4-5-7-16(14)18(17,20-21-19)15-9-12-22(3)13-10-15/h4-7,15H,8-13H2,1-3H3. The molecule has 4 nitrogen and oxygen atoms in total. The minimum atomic E-state index is -0.405. The lowest BCUT2D eigenvalue weighted by atomic mass is 9.54. The summed E-state index contributed by atoms with van der Waals surface area (Å²) in [5, 5.41) is 4.52. The minimum absolute atomic E-state index is 0.00579. The van der Waals surface area contributed by atoms with Crippen LogP contribution in [0.1, 0.15) is 44.2 Å². The molecule has 0 N–H and O–H groups in total. The summed E-state index contributed by atoms with van der Waals surface area (Å²) in [6.07, 6.45) is 4.37. The van der Waals surface area contributed by atoms with Crippen molar-refractivity contribution >= 4 is 0 Å². The molecular weight excluding hydrogens is 272 g/mol. The molecule has 0 spiro atoms. The summed E-state index contributed by atoms with van der Waals surface area (Å²) in [4.78, 5) is 5.71. The average Bonchev–Trinajstić information content (AvgIpc) is 2.51. The van der Waals surface area contributed by atoms with Crippen molar-refractivity contribution in [2.75, 3.05) is 20.1 Å². The first-order valence-corrected chi connectivity index (χ1v) is 8.34. The Morgan fingerprint density at radius 2 is 1.91 bits per heavy atom. The summed E-state index contributed by atoms with van der Waals surface area (Å²) in [5.41, 5.74) is 11.6. The van der Waals surface area contributed by atoms with E-state index in [0.29, 0.717) is 5.92 Å². The van der Waals surface area contributed by atoms with Crippen molar-refractivity contribution in [3.63, 3.8) is 0 Å². The summed E-state index contributed by atoms with van der Waals surface area (Å²) < 4.78 is 0. The van der Waals surface area contributed by atoms with Gasteiger partial charge >= 0.3 is 0 Å². The summed E-state index contributed by atoms with van der Waals surface area (Å²) in [5.74, 6) is 0.427. The molecule has 1 saturated heterocycles. The van der Waals surface area contributed by atoms with E-state index in [1.165, 1.54) is 11.1 Å². The molecule has 0 amide bonds. The summed E-state index contributed by atoms with van der Waals surface area (Å²) in [6.45, 7) is 6.75. The van der Waals surface area contributed by atoms with Crippen LogP contribution in [0.15, 0.2) is 29.4 Å². The van der Waals surface area contributed by atoms with Gasteiger partial charge in [-0.1, -0.05) is 43.2 Å². The van der Waals surface area contributed by atoms with E-state index in [0.717, 1.165) is 38.8 Å². The van der Waals surface area contributed by atoms with Gasteiger partial charge < -0.3 is 4.90 Å². The van der Waals surface area contributed by atoms with Crippen LogP contribution in [-0.2, 0) is 12.0 Å². The van der Waals surface area contributed by atoms with Gasteiger partial charge in [0.1, 0.15) is 0 Å². The molecule has 1 aromatic rings. The maximum Gasteiger partial charge on any atom is 0.0820 e. The zero-order valence-corrected chi connectivity index (χ0v) is 13.9. The molecule has 1 atom stereocenters. The van der Waals surface area contributed by atoms with Crippen LogP contribution in [0.5, 0.6) is 0 Å². The molecule has 1 aromatic carbocycles. The molecule has 1 fully saturated rings. The summed E-state index contributed by atoms with van der Waals surface area (Å²) in [7, 11) is 2.18. The second-order valence-corrected chi connectivity index (χ2v) is 7.57. The predicted octanol–water partition coefficient (Wildman–Crippen LogP) is 4.51. The van der Waals surface area contributed by atoms with E-state index in [1.807, 2.05) is 0 Å². The third kappa shape index (κ3) is 2.22. The molecule has 22 heavy (non-hydrogen) atoms. The van der Waals surface area contributed by atoms with Gasteiger partial charge in [-0.15, -0.1) is 0 Å². The second-order valence-electron chi connectivity index (χ2n) is 7.57. The first-order valence-electron chi connectivity index (χ1n) is 8.34. The molecule has 1 aliphatic carbocycles. The van der Waals surface area contributed by atoms with E-state index < -0.39 is 5.54 Å². The summed E-state index contributed by atoms with van der Waals surface area (Å²) in [6, 6.07) is 8.61. The number of aryl methyl sites for hydroxylation is 1. The van der Waals surface area contributed by atoms with Crippen LogP contribution in [-0.4, -0.2) is 25.0 Å². The molecule has 2 aliphatic rings. The normalized spacial score (nSPS) is 28.7. The van der Waals surface area contributed by atoms with E-state index in [9.17, 15) is 5.53 Å². The zero-order chi connectivity index (χ0) is 15.8. The van der Waals surface area contributed by atoms with Gasteiger partial charge in [0.25, 0.3) is 0 Å². The van der Waals surface area contributed by atoms with E-state index >= 15 is 0 Å². The number of hydrogen-bond donors (Lipinski definition) is 0. The lowest BCUT2D eigenvalue weighted by molar-refractivity contribution is 0.0351. The molecule has 1 aliphatic heterocycles. The Bertz CT molecular complexity index is 595. The second kappa shape index (κ2) is 5.60. The Hall–Kier alpha value is -1.51. The van der Waals surface area contributed by atoms with Crippen LogP contribution >= 0.6 is 0 Å². The fourth-order valence-electron chi connectivity index (χ4n) is 4.65. The third-order valence-electron chi connectivity index (χ3n) is 5.99. The molecular formula is C18H26N4. The van der Waals surface area contributed by atoms with E-state index in [-0.39, 0.29) is 5.41 Å². The molecule has 1 unspecified atom stereocenters. The monoisotopic (exact) mass is 298 g/mol. The smallest absolute Gasteiger partial charge is 0.0820 e. The third-order valence-corrected chi connectivity index (χ3v) is 5.99.